The molecule has 1 saturated heterocycles. The summed E-state index contributed by atoms with van der Waals surface area (Å²) in [5, 5.41) is 15.5. The molecule has 3 N–H and O–H groups in total. The van der Waals surface area contributed by atoms with Gasteiger partial charge in [-0.25, -0.2) is 4.79 Å². The molecule has 10 heteroatoms. The molecule has 0 spiro atoms. The van der Waals surface area contributed by atoms with Crippen LogP contribution in [0.4, 0.5) is 18.0 Å². The largest absolute Gasteiger partial charge is 0.464 e. The summed E-state index contributed by atoms with van der Waals surface area (Å²) >= 11 is 0.940. The summed E-state index contributed by atoms with van der Waals surface area (Å²) in [6.45, 7) is 1.57. The fraction of sp³-hybridized carbons (Fsp3) is 0.333. The summed E-state index contributed by atoms with van der Waals surface area (Å²) in [4.78, 5) is 24.5. The predicted molar refractivity (Wildman–Crippen MR) is 81.0 cm³/mol. The molecule has 6 nitrogen and oxygen atoms in total. The van der Waals surface area contributed by atoms with E-state index in [-0.39, 0.29) is 10.6 Å². The fourth-order valence-electron chi connectivity index (χ4n) is 2.77. The van der Waals surface area contributed by atoms with Gasteiger partial charge in [-0.05, 0) is 30.5 Å². The number of halogens is 3. The molecule has 2 aromatic rings. The second-order valence-corrected chi connectivity index (χ2v) is 6.56. The van der Waals surface area contributed by atoms with E-state index in [1.165, 1.54) is 35.0 Å². The number of carbonyl (C=O) groups excluding carboxylic acids is 2. The minimum absolute atomic E-state index is 0.0268. The number of amides is 2. The Labute approximate surface area is 143 Å². The zero-order chi connectivity index (χ0) is 18.4. The highest BCUT2D eigenvalue weighted by Gasteiger charge is 2.67. The number of carbonyl (C=O) groups is 2. The van der Waals surface area contributed by atoms with Gasteiger partial charge in [-0.15, -0.1) is 11.3 Å². The van der Waals surface area contributed by atoms with Gasteiger partial charge in [0.2, 0.25) is 5.72 Å². The second kappa shape index (κ2) is 5.88. The second-order valence-electron chi connectivity index (χ2n) is 5.61. The number of hydrogen-bond donors (Lipinski definition) is 3. The van der Waals surface area contributed by atoms with E-state index in [0.717, 1.165) is 11.3 Å². The highest BCUT2D eigenvalue weighted by Crippen LogP contribution is 2.44. The van der Waals surface area contributed by atoms with Gasteiger partial charge in [-0.2, -0.15) is 13.2 Å². The Hall–Kier alpha value is -2.33. The Balaban J connectivity index is 2.14. The van der Waals surface area contributed by atoms with Crippen LogP contribution in [0.3, 0.4) is 0 Å². The normalized spacial score (nSPS) is 26.8. The standard InChI is InChI=1S/C15H13F3N2O4S/c1-7-4-5-8(24-7)11-10(12(21)9-3-2-6-25-9)14(23,15(16,17)18)20-13(22)19-11/h2-6,10-11,23H,1H3,(H2,19,20,22)/t10-,11-,14+/m0/s1. The smallest absolute Gasteiger partial charge is 0.437 e. The molecule has 2 aromatic heterocycles. The van der Waals surface area contributed by atoms with Crippen molar-refractivity contribution < 1.29 is 32.3 Å². The Morgan fingerprint density at radius 2 is 2.08 bits per heavy atom. The van der Waals surface area contributed by atoms with Gasteiger partial charge >= 0.3 is 12.2 Å². The molecule has 2 amide bonds. The molecule has 0 saturated carbocycles. The van der Waals surface area contributed by atoms with Gasteiger partial charge in [-0.3, -0.25) is 4.79 Å². The zero-order valence-electron chi connectivity index (χ0n) is 12.8. The van der Waals surface area contributed by atoms with Crippen molar-refractivity contribution in [1.82, 2.24) is 10.6 Å². The average Bonchev–Trinajstić information content (AvgIpc) is 3.16. The van der Waals surface area contributed by atoms with Crippen molar-refractivity contribution in [2.45, 2.75) is 24.9 Å². The quantitative estimate of drug-likeness (QED) is 0.721. The summed E-state index contributed by atoms with van der Waals surface area (Å²) in [6.07, 6.45) is -5.28. The third-order valence-electron chi connectivity index (χ3n) is 3.92. The molecule has 3 rings (SSSR count). The maximum absolute atomic E-state index is 13.6. The zero-order valence-corrected chi connectivity index (χ0v) is 13.6. The number of nitrogens with one attached hydrogen (secondary N) is 2. The first-order chi connectivity index (χ1) is 11.6. The van der Waals surface area contributed by atoms with Crippen LogP contribution >= 0.6 is 11.3 Å². The van der Waals surface area contributed by atoms with E-state index in [9.17, 15) is 27.9 Å². The Kier molecular flexibility index (Phi) is 4.12. The molecule has 0 radical (unpaired) electrons. The van der Waals surface area contributed by atoms with Crippen LogP contribution in [0.15, 0.2) is 34.1 Å². The molecule has 0 aliphatic carbocycles. The van der Waals surface area contributed by atoms with Crippen molar-refractivity contribution in [3.63, 3.8) is 0 Å². The van der Waals surface area contributed by atoms with E-state index in [1.54, 1.807) is 6.92 Å². The number of thiophene rings is 1. The van der Waals surface area contributed by atoms with Gasteiger partial charge in [-0.1, -0.05) is 6.07 Å². The highest BCUT2D eigenvalue weighted by molar-refractivity contribution is 7.12. The van der Waals surface area contributed by atoms with Crippen molar-refractivity contribution >= 4 is 23.2 Å². The summed E-state index contributed by atoms with van der Waals surface area (Å²) < 4.78 is 46.0. The monoisotopic (exact) mass is 374 g/mol. The van der Waals surface area contributed by atoms with E-state index in [4.69, 9.17) is 4.42 Å². The van der Waals surface area contributed by atoms with Crippen molar-refractivity contribution in [2.24, 2.45) is 5.92 Å². The lowest BCUT2D eigenvalue weighted by atomic mass is 9.80. The SMILES string of the molecule is Cc1ccc([C@@H]2NC(=O)N[C@](O)(C(F)(F)F)[C@@H]2C(=O)c2cccs2)o1. The maximum atomic E-state index is 13.6. The first-order valence-corrected chi connectivity index (χ1v) is 8.03. The highest BCUT2D eigenvalue weighted by atomic mass is 32.1. The van der Waals surface area contributed by atoms with Gasteiger partial charge in [0.1, 0.15) is 23.5 Å². The number of alkyl halides is 3. The van der Waals surface area contributed by atoms with E-state index in [2.05, 4.69) is 5.32 Å². The Morgan fingerprint density at radius 3 is 2.60 bits per heavy atom. The molecule has 25 heavy (non-hydrogen) atoms. The van der Waals surface area contributed by atoms with Gasteiger partial charge in [0.05, 0.1) is 4.88 Å². The number of ketones is 1. The van der Waals surface area contributed by atoms with Crippen LogP contribution in [0.25, 0.3) is 0 Å². The first kappa shape index (κ1) is 17.5. The lowest BCUT2D eigenvalue weighted by Crippen LogP contribution is -2.72. The van der Waals surface area contributed by atoms with Gasteiger partial charge < -0.3 is 20.2 Å². The summed E-state index contributed by atoms with van der Waals surface area (Å²) in [7, 11) is 0. The van der Waals surface area contributed by atoms with Crippen LogP contribution in [-0.4, -0.2) is 28.8 Å². The van der Waals surface area contributed by atoms with Crippen molar-refractivity contribution in [1.29, 1.82) is 0 Å². The minimum atomic E-state index is -5.28. The number of aryl methyl sites for hydroxylation is 1. The van der Waals surface area contributed by atoms with Crippen LogP contribution in [0.2, 0.25) is 0 Å². The summed E-state index contributed by atoms with van der Waals surface area (Å²) in [6, 6.07) is 2.97. The summed E-state index contributed by atoms with van der Waals surface area (Å²) in [5.41, 5.74) is -3.73. The third-order valence-corrected chi connectivity index (χ3v) is 4.80. The predicted octanol–water partition coefficient (Wildman–Crippen LogP) is 2.75. The van der Waals surface area contributed by atoms with E-state index in [0.29, 0.717) is 5.76 Å². The fourth-order valence-corrected chi connectivity index (χ4v) is 3.47. The third kappa shape index (κ3) is 2.91. The molecule has 3 atom stereocenters. The van der Waals surface area contributed by atoms with E-state index in [1.807, 2.05) is 0 Å². The van der Waals surface area contributed by atoms with Crippen LogP contribution in [-0.2, 0) is 0 Å². The lowest BCUT2D eigenvalue weighted by molar-refractivity contribution is -0.287. The van der Waals surface area contributed by atoms with Crippen molar-refractivity contribution in [3.05, 3.63) is 46.0 Å². The van der Waals surface area contributed by atoms with Crippen LogP contribution < -0.4 is 10.6 Å². The molecule has 1 aliphatic heterocycles. The number of furan rings is 1. The number of aliphatic hydroxyl groups is 1. The van der Waals surface area contributed by atoms with Crippen LogP contribution in [0.1, 0.15) is 27.2 Å². The molecule has 0 bridgehead atoms. The maximum Gasteiger partial charge on any atom is 0.437 e. The Bertz CT molecular complexity index is 802. The van der Waals surface area contributed by atoms with E-state index >= 15 is 0 Å². The van der Waals surface area contributed by atoms with Crippen molar-refractivity contribution in [3.8, 4) is 0 Å². The van der Waals surface area contributed by atoms with Crippen molar-refractivity contribution in [2.75, 3.05) is 0 Å². The number of rotatable bonds is 3. The molecule has 134 valence electrons. The molecular formula is C15H13F3N2O4S. The van der Waals surface area contributed by atoms with Crippen LogP contribution in [0, 0.1) is 12.8 Å². The topological polar surface area (TPSA) is 91.6 Å². The molecule has 0 unspecified atom stereocenters. The van der Waals surface area contributed by atoms with Gasteiger partial charge in [0, 0.05) is 0 Å². The molecular weight excluding hydrogens is 361 g/mol. The number of Topliss-reactive ketones (excluding diaryl/α,β-unsaturated/α-hetero) is 1. The summed E-state index contributed by atoms with van der Waals surface area (Å²) in [5.74, 6) is -2.68. The van der Waals surface area contributed by atoms with E-state index < -0.39 is 35.7 Å². The number of hydrogen-bond acceptors (Lipinski definition) is 5. The molecule has 3 heterocycles. The van der Waals surface area contributed by atoms with Gasteiger partial charge in [0.25, 0.3) is 0 Å². The van der Waals surface area contributed by atoms with Gasteiger partial charge in [0.15, 0.2) is 5.78 Å². The molecule has 1 fully saturated rings. The minimum Gasteiger partial charge on any atom is -0.464 e. The first-order valence-electron chi connectivity index (χ1n) is 7.15. The number of urea groups is 1. The average molecular weight is 374 g/mol. The molecule has 1 aliphatic rings. The lowest BCUT2D eigenvalue weighted by Gasteiger charge is -2.44. The Morgan fingerprint density at radius 1 is 1.36 bits per heavy atom. The molecule has 0 aromatic carbocycles. The van der Waals surface area contributed by atoms with Crippen LogP contribution in [0.5, 0.6) is 0 Å².